The van der Waals surface area contributed by atoms with E-state index in [-0.39, 0.29) is 4.90 Å². The predicted molar refractivity (Wildman–Crippen MR) is 85.8 cm³/mol. The van der Waals surface area contributed by atoms with E-state index in [2.05, 4.69) is 20.0 Å². The molecule has 1 N–H and O–H groups in total. The van der Waals surface area contributed by atoms with Crippen LogP contribution in [0.25, 0.3) is 5.65 Å². The number of nitrogens with zero attached hydrogens (tertiary/aromatic N) is 5. The highest BCUT2D eigenvalue weighted by molar-refractivity contribution is 7.92. The Morgan fingerprint density at radius 3 is 2.70 bits per heavy atom. The molecule has 3 aromatic heterocycles. The lowest BCUT2D eigenvalue weighted by Crippen LogP contribution is -2.16. The van der Waals surface area contributed by atoms with Crippen molar-refractivity contribution in [2.75, 3.05) is 4.72 Å². The molecule has 0 aliphatic heterocycles. The molecule has 0 aliphatic carbocycles. The second kappa shape index (κ2) is 5.65. The van der Waals surface area contributed by atoms with Crippen molar-refractivity contribution >= 4 is 21.4 Å². The number of nitrogens with one attached hydrogen (secondary N) is 1. The smallest absolute Gasteiger partial charge is 0.265 e. The SMILES string of the molecule is CCc1nn(C)c(CC)c1S(=O)(=O)Nc1ccc2nncn2c1. The maximum absolute atomic E-state index is 12.8. The average Bonchev–Trinajstić information content (AvgIpc) is 3.09. The zero-order valence-electron chi connectivity index (χ0n) is 13.2. The summed E-state index contributed by atoms with van der Waals surface area (Å²) in [5, 5.41) is 12.0. The number of rotatable bonds is 5. The summed E-state index contributed by atoms with van der Waals surface area (Å²) in [5.41, 5.74) is 2.37. The Labute approximate surface area is 134 Å². The Bertz CT molecular complexity index is 957. The van der Waals surface area contributed by atoms with Crippen LogP contribution in [-0.2, 0) is 29.9 Å². The standard InChI is InChI=1S/C14H18N6O2S/c1-4-11-14(12(5-2)19(3)17-11)23(21,22)18-10-6-7-13-16-15-9-20(13)8-10/h6-9,18H,4-5H2,1-3H3. The van der Waals surface area contributed by atoms with Crippen molar-refractivity contribution in [3.63, 3.8) is 0 Å². The van der Waals surface area contributed by atoms with Gasteiger partial charge in [0.2, 0.25) is 0 Å². The van der Waals surface area contributed by atoms with E-state index in [1.165, 1.54) is 6.33 Å². The molecular weight excluding hydrogens is 316 g/mol. The molecule has 122 valence electrons. The molecule has 0 bridgehead atoms. The van der Waals surface area contributed by atoms with Crippen molar-refractivity contribution in [1.82, 2.24) is 24.4 Å². The van der Waals surface area contributed by atoms with Crippen molar-refractivity contribution < 1.29 is 8.42 Å². The first-order chi connectivity index (χ1) is 11.0. The third kappa shape index (κ3) is 2.67. The van der Waals surface area contributed by atoms with E-state index >= 15 is 0 Å². The van der Waals surface area contributed by atoms with Crippen LogP contribution in [0.5, 0.6) is 0 Å². The zero-order valence-corrected chi connectivity index (χ0v) is 14.0. The minimum absolute atomic E-state index is 0.272. The van der Waals surface area contributed by atoms with Crippen LogP contribution < -0.4 is 4.72 Å². The van der Waals surface area contributed by atoms with Gasteiger partial charge in [0.1, 0.15) is 11.2 Å². The lowest BCUT2D eigenvalue weighted by molar-refractivity contribution is 0.598. The van der Waals surface area contributed by atoms with Gasteiger partial charge < -0.3 is 0 Å². The molecule has 0 radical (unpaired) electrons. The van der Waals surface area contributed by atoms with E-state index in [4.69, 9.17) is 0 Å². The zero-order chi connectivity index (χ0) is 16.6. The molecule has 0 saturated heterocycles. The largest absolute Gasteiger partial charge is 0.287 e. The summed E-state index contributed by atoms with van der Waals surface area (Å²) in [6.45, 7) is 3.81. The molecule has 3 rings (SSSR count). The van der Waals surface area contributed by atoms with Crippen LogP contribution >= 0.6 is 0 Å². The summed E-state index contributed by atoms with van der Waals surface area (Å²) in [6, 6.07) is 3.37. The molecule has 0 amide bonds. The normalized spacial score (nSPS) is 12.0. The number of fused-ring (bicyclic) bond motifs is 1. The van der Waals surface area contributed by atoms with E-state index in [0.29, 0.717) is 35.6 Å². The van der Waals surface area contributed by atoms with Gasteiger partial charge in [-0.25, -0.2) is 8.42 Å². The predicted octanol–water partition coefficient (Wildman–Crippen LogP) is 1.39. The van der Waals surface area contributed by atoms with Gasteiger partial charge in [0, 0.05) is 13.2 Å². The van der Waals surface area contributed by atoms with Gasteiger partial charge in [-0.2, -0.15) is 5.10 Å². The Balaban J connectivity index is 2.04. The first-order valence-corrected chi connectivity index (χ1v) is 8.81. The lowest BCUT2D eigenvalue weighted by atomic mass is 10.2. The molecule has 9 heteroatoms. The van der Waals surface area contributed by atoms with E-state index in [9.17, 15) is 8.42 Å². The number of aryl methyl sites for hydroxylation is 2. The molecule has 0 saturated carbocycles. The Hall–Kier alpha value is -2.42. The second-order valence-electron chi connectivity index (χ2n) is 5.17. The van der Waals surface area contributed by atoms with Crippen LogP contribution in [0.4, 0.5) is 5.69 Å². The highest BCUT2D eigenvalue weighted by Gasteiger charge is 2.26. The summed E-state index contributed by atoms with van der Waals surface area (Å²) >= 11 is 0. The topological polar surface area (TPSA) is 94.2 Å². The van der Waals surface area contributed by atoms with Gasteiger partial charge in [-0.3, -0.25) is 13.8 Å². The lowest BCUT2D eigenvalue weighted by Gasteiger charge is -2.10. The molecule has 3 heterocycles. The number of anilines is 1. The maximum atomic E-state index is 12.8. The molecule has 0 fully saturated rings. The molecule has 8 nitrogen and oxygen atoms in total. The van der Waals surface area contributed by atoms with Crippen LogP contribution in [0.15, 0.2) is 29.6 Å². The number of hydrogen-bond acceptors (Lipinski definition) is 5. The number of pyridine rings is 1. The van der Waals surface area contributed by atoms with E-state index < -0.39 is 10.0 Å². The monoisotopic (exact) mass is 334 g/mol. The van der Waals surface area contributed by atoms with Crippen molar-refractivity contribution in [3.8, 4) is 0 Å². The van der Waals surface area contributed by atoms with Crippen LogP contribution in [-0.4, -0.2) is 32.8 Å². The number of hydrogen-bond donors (Lipinski definition) is 1. The van der Waals surface area contributed by atoms with Crippen molar-refractivity contribution in [3.05, 3.63) is 36.0 Å². The fourth-order valence-corrected chi connectivity index (χ4v) is 4.24. The molecule has 0 atom stereocenters. The van der Waals surface area contributed by atoms with Gasteiger partial charge in [0.15, 0.2) is 5.65 Å². The minimum atomic E-state index is -3.72. The summed E-state index contributed by atoms with van der Waals surface area (Å²) in [7, 11) is -1.95. The van der Waals surface area contributed by atoms with Gasteiger partial charge in [0.05, 0.1) is 17.1 Å². The maximum Gasteiger partial charge on any atom is 0.265 e. The van der Waals surface area contributed by atoms with E-state index in [1.54, 1.807) is 34.5 Å². The Morgan fingerprint density at radius 2 is 2.00 bits per heavy atom. The first kappa shape index (κ1) is 15.5. The molecule has 0 unspecified atom stereocenters. The quantitative estimate of drug-likeness (QED) is 0.761. The molecule has 0 spiro atoms. The average molecular weight is 334 g/mol. The van der Waals surface area contributed by atoms with Crippen molar-refractivity contribution in [2.24, 2.45) is 7.05 Å². The second-order valence-corrected chi connectivity index (χ2v) is 6.79. The number of sulfonamides is 1. The van der Waals surface area contributed by atoms with Crippen molar-refractivity contribution in [1.29, 1.82) is 0 Å². The summed E-state index contributed by atoms with van der Waals surface area (Å²) < 4.78 is 31.6. The highest BCUT2D eigenvalue weighted by Crippen LogP contribution is 2.24. The third-order valence-corrected chi connectivity index (χ3v) is 5.18. The van der Waals surface area contributed by atoms with Gasteiger partial charge in [-0.1, -0.05) is 13.8 Å². The molecule has 3 aromatic rings. The summed E-state index contributed by atoms with van der Waals surface area (Å²) in [5.74, 6) is 0. The van der Waals surface area contributed by atoms with Gasteiger partial charge in [-0.15, -0.1) is 10.2 Å². The van der Waals surface area contributed by atoms with Crippen molar-refractivity contribution in [2.45, 2.75) is 31.6 Å². The van der Waals surface area contributed by atoms with Crippen LogP contribution in [0.3, 0.4) is 0 Å². The molecule has 0 aliphatic rings. The Morgan fingerprint density at radius 1 is 1.22 bits per heavy atom. The fourth-order valence-electron chi connectivity index (χ4n) is 2.63. The van der Waals surface area contributed by atoms with Gasteiger partial charge >= 0.3 is 0 Å². The minimum Gasteiger partial charge on any atom is -0.287 e. The fraction of sp³-hybridized carbons (Fsp3) is 0.357. The van der Waals surface area contributed by atoms with E-state index in [1.807, 2.05) is 13.8 Å². The highest BCUT2D eigenvalue weighted by atomic mass is 32.2. The van der Waals surface area contributed by atoms with E-state index in [0.717, 1.165) is 0 Å². The molecule has 23 heavy (non-hydrogen) atoms. The molecule has 0 aromatic carbocycles. The third-order valence-electron chi connectivity index (χ3n) is 3.67. The van der Waals surface area contributed by atoms with Gasteiger partial charge in [0.25, 0.3) is 10.0 Å². The molecular formula is C14H18N6O2S. The van der Waals surface area contributed by atoms with Crippen LogP contribution in [0.2, 0.25) is 0 Å². The number of aromatic nitrogens is 5. The summed E-state index contributed by atoms with van der Waals surface area (Å²) in [4.78, 5) is 0.272. The summed E-state index contributed by atoms with van der Waals surface area (Å²) in [6.07, 6.45) is 4.30. The van der Waals surface area contributed by atoms with Crippen LogP contribution in [0.1, 0.15) is 25.2 Å². The van der Waals surface area contributed by atoms with Crippen LogP contribution in [0, 0.1) is 0 Å². The van der Waals surface area contributed by atoms with Gasteiger partial charge in [-0.05, 0) is 25.0 Å². The first-order valence-electron chi connectivity index (χ1n) is 7.33. The Kier molecular flexibility index (Phi) is 3.80.